The second-order valence-electron chi connectivity index (χ2n) is 11.4. The monoisotopic (exact) mass is 634 g/mol. The van der Waals surface area contributed by atoms with Crippen LogP contribution in [0.4, 0.5) is 15.9 Å². The molecule has 2 aromatic heterocycles. The van der Waals surface area contributed by atoms with E-state index in [1.54, 1.807) is 41.3 Å². The van der Waals surface area contributed by atoms with Crippen molar-refractivity contribution in [2.24, 2.45) is 11.8 Å². The zero-order chi connectivity index (χ0) is 31.0. The third-order valence-electron chi connectivity index (χ3n) is 8.14. The lowest BCUT2D eigenvalue weighted by atomic mass is 9.95. The van der Waals surface area contributed by atoms with Crippen LogP contribution in [-0.2, 0) is 11.4 Å². The van der Waals surface area contributed by atoms with Crippen molar-refractivity contribution >= 4 is 60.7 Å². The molecule has 228 valence electrons. The van der Waals surface area contributed by atoms with Gasteiger partial charge in [-0.3, -0.25) is 4.79 Å². The molecule has 3 heterocycles. The molecule has 0 saturated carbocycles. The second-order valence-corrected chi connectivity index (χ2v) is 12.9. The van der Waals surface area contributed by atoms with Gasteiger partial charge in [-0.25, -0.2) is 14.4 Å². The first kappa shape index (κ1) is 30.2. The van der Waals surface area contributed by atoms with Crippen LogP contribution < -0.4 is 10.1 Å². The summed E-state index contributed by atoms with van der Waals surface area (Å²) in [4.78, 5) is 24.3. The minimum atomic E-state index is -1.55. The number of halogens is 2. The average molecular weight is 635 g/mol. The Kier molecular flexibility index (Phi) is 8.68. The fraction of sp³-hybridized carbons (Fsp3) is 0.303. The van der Waals surface area contributed by atoms with Crippen molar-refractivity contribution in [1.82, 2.24) is 14.9 Å². The van der Waals surface area contributed by atoms with Gasteiger partial charge < -0.3 is 25.2 Å². The molecular formula is C33H32ClFN4O4S. The van der Waals surface area contributed by atoms with E-state index in [2.05, 4.69) is 29.1 Å². The summed E-state index contributed by atoms with van der Waals surface area (Å²) in [5.74, 6) is 1.12. The van der Waals surface area contributed by atoms with E-state index in [1.807, 2.05) is 12.1 Å². The molecule has 3 N–H and O–H groups in total. The van der Waals surface area contributed by atoms with Crippen LogP contribution in [0.2, 0.25) is 5.02 Å². The molecular weight excluding hydrogens is 603 g/mol. The Hall–Kier alpha value is -3.83. The van der Waals surface area contributed by atoms with Crippen LogP contribution in [0.25, 0.3) is 20.3 Å². The average Bonchev–Trinajstić information content (AvgIpc) is 3.65. The third kappa shape index (κ3) is 6.21. The minimum Gasteiger partial charge on any atom is -0.487 e. The molecule has 3 aromatic carbocycles. The molecule has 5 aromatic rings. The molecule has 6 rings (SSSR count). The highest BCUT2D eigenvalue weighted by Crippen LogP contribution is 2.39. The van der Waals surface area contributed by atoms with Crippen molar-refractivity contribution in [1.29, 1.82) is 0 Å². The predicted molar refractivity (Wildman–Crippen MR) is 171 cm³/mol. The number of likely N-dealkylation sites (tertiary alicyclic amines) is 1. The Morgan fingerprint density at radius 2 is 2.00 bits per heavy atom. The van der Waals surface area contributed by atoms with Crippen molar-refractivity contribution in [3.63, 3.8) is 0 Å². The summed E-state index contributed by atoms with van der Waals surface area (Å²) in [6.45, 7) is 5.63. The Morgan fingerprint density at radius 3 is 2.75 bits per heavy atom. The molecule has 0 bridgehead atoms. The molecule has 11 heteroatoms. The molecule has 0 aliphatic carbocycles. The van der Waals surface area contributed by atoms with Crippen LogP contribution in [0.15, 0.2) is 67.0 Å². The van der Waals surface area contributed by atoms with E-state index in [4.69, 9.17) is 16.3 Å². The van der Waals surface area contributed by atoms with Crippen LogP contribution in [-0.4, -0.2) is 50.2 Å². The summed E-state index contributed by atoms with van der Waals surface area (Å²) >= 11 is 7.93. The molecule has 1 saturated heterocycles. The topological polar surface area (TPSA) is 108 Å². The largest absolute Gasteiger partial charge is 0.487 e. The van der Waals surface area contributed by atoms with E-state index >= 15 is 0 Å². The standard InChI is InChI=1S/C33H32ClFN4O4S/c1-18(2)21-10-11-39(15-21)33(42)30(41)29(40)20-6-8-24-27(13-20)44-32-28(24)31(36-17-37-32)38-23-7-9-26(25(34)14-23)43-16-19-4-3-5-22(35)12-19/h3-9,12-14,17-18,21,29-30,40-41H,10-11,15-16H2,1-2H3,(H,36,37,38)/t21-,29?,30?/m0/s1. The van der Waals surface area contributed by atoms with Gasteiger partial charge in [0.2, 0.25) is 0 Å². The first-order valence-corrected chi connectivity index (χ1v) is 15.6. The highest BCUT2D eigenvalue weighted by Gasteiger charge is 2.35. The van der Waals surface area contributed by atoms with Crippen LogP contribution in [0, 0.1) is 17.7 Å². The van der Waals surface area contributed by atoms with Gasteiger partial charge in [0.1, 0.15) is 41.3 Å². The van der Waals surface area contributed by atoms with Gasteiger partial charge in [0, 0.05) is 28.9 Å². The molecule has 1 amide bonds. The molecule has 2 unspecified atom stereocenters. The summed E-state index contributed by atoms with van der Waals surface area (Å²) in [5, 5.41) is 27.1. The lowest BCUT2D eigenvalue weighted by Gasteiger charge is -2.24. The van der Waals surface area contributed by atoms with Gasteiger partial charge in [-0.2, -0.15) is 0 Å². The second kappa shape index (κ2) is 12.6. The maximum absolute atomic E-state index is 13.5. The Labute approximate surface area is 263 Å². The van der Waals surface area contributed by atoms with E-state index in [1.165, 1.54) is 29.8 Å². The Morgan fingerprint density at radius 1 is 1.16 bits per heavy atom. The Balaban J connectivity index is 1.19. The van der Waals surface area contributed by atoms with Crippen molar-refractivity contribution in [3.8, 4) is 5.75 Å². The number of aromatic nitrogens is 2. The molecule has 0 radical (unpaired) electrons. The maximum atomic E-state index is 13.5. The van der Waals surface area contributed by atoms with E-state index in [0.717, 1.165) is 26.7 Å². The molecule has 8 nitrogen and oxygen atoms in total. The number of carbonyl (C=O) groups is 1. The van der Waals surface area contributed by atoms with E-state index in [-0.39, 0.29) is 12.4 Å². The SMILES string of the molecule is CC(C)[C@H]1CCN(C(=O)C(O)C(O)c2ccc3c(c2)sc2ncnc(Nc4ccc(OCc5cccc(F)c5)c(Cl)c4)c23)C1. The van der Waals surface area contributed by atoms with Crippen LogP contribution in [0.3, 0.4) is 0 Å². The van der Waals surface area contributed by atoms with Gasteiger partial charge >= 0.3 is 0 Å². The number of hydrogen-bond acceptors (Lipinski definition) is 8. The number of nitrogens with one attached hydrogen (secondary N) is 1. The number of carbonyl (C=O) groups excluding carboxylic acids is 1. The number of anilines is 2. The van der Waals surface area contributed by atoms with E-state index < -0.39 is 18.1 Å². The fourth-order valence-corrected chi connectivity index (χ4v) is 6.89. The van der Waals surface area contributed by atoms with Gasteiger partial charge in [0.25, 0.3) is 5.91 Å². The number of fused-ring (bicyclic) bond motifs is 3. The van der Waals surface area contributed by atoms with E-state index in [9.17, 15) is 19.4 Å². The summed E-state index contributed by atoms with van der Waals surface area (Å²) in [6, 6.07) is 16.8. The molecule has 44 heavy (non-hydrogen) atoms. The van der Waals surface area contributed by atoms with Crippen molar-refractivity contribution < 1.29 is 24.1 Å². The van der Waals surface area contributed by atoms with Crippen LogP contribution >= 0.6 is 22.9 Å². The number of thiophene rings is 1. The third-order valence-corrected chi connectivity index (χ3v) is 9.50. The smallest absolute Gasteiger partial charge is 0.254 e. The number of ether oxygens (including phenoxy) is 1. The number of benzene rings is 3. The quantitative estimate of drug-likeness (QED) is 0.163. The number of nitrogens with zero attached hydrogens (tertiary/aromatic N) is 3. The summed E-state index contributed by atoms with van der Waals surface area (Å²) in [6.07, 6.45) is -0.535. The first-order chi connectivity index (χ1) is 21.2. The first-order valence-electron chi connectivity index (χ1n) is 14.4. The van der Waals surface area contributed by atoms with Gasteiger partial charge in [-0.05, 0) is 65.8 Å². The minimum absolute atomic E-state index is 0.177. The number of amides is 1. The zero-order valence-corrected chi connectivity index (χ0v) is 25.8. The van der Waals surface area contributed by atoms with Gasteiger partial charge in [-0.15, -0.1) is 11.3 Å². The summed E-state index contributed by atoms with van der Waals surface area (Å²) in [7, 11) is 0. The molecule has 1 aliphatic rings. The van der Waals surface area contributed by atoms with Gasteiger partial charge in [0.15, 0.2) is 6.10 Å². The zero-order valence-electron chi connectivity index (χ0n) is 24.2. The number of hydrogen-bond donors (Lipinski definition) is 3. The fourth-order valence-electron chi connectivity index (χ4n) is 5.56. The van der Waals surface area contributed by atoms with E-state index in [0.29, 0.717) is 58.3 Å². The lowest BCUT2D eigenvalue weighted by molar-refractivity contribution is -0.145. The Bertz CT molecular complexity index is 1830. The molecule has 0 spiro atoms. The van der Waals surface area contributed by atoms with Crippen LogP contribution in [0.1, 0.15) is 37.5 Å². The predicted octanol–water partition coefficient (Wildman–Crippen LogP) is 6.86. The number of aliphatic hydroxyl groups excluding tert-OH is 2. The van der Waals surface area contributed by atoms with Crippen molar-refractivity contribution in [2.75, 3.05) is 18.4 Å². The summed E-state index contributed by atoms with van der Waals surface area (Å²) in [5.41, 5.74) is 1.83. The highest BCUT2D eigenvalue weighted by molar-refractivity contribution is 7.25. The molecule has 1 fully saturated rings. The van der Waals surface area contributed by atoms with Gasteiger partial charge in [0.05, 0.1) is 10.4 Å². The van der Waals surface area contributed by atoms with Gasteiger partial charge in [-0.1, -0.05) is 49.7 Å². The molecule has 3 atom stereocenters. The normalized spacial score (nSPS) is 16.5. The van der Waals surface area contributed by atoms with Crippen molar-refractivity contribution in [3.05, 3.63) is 89.0 Å². The maximum Gasteiger partial charge on any atom is 0.254 e. The number of rotatable bonds is 9. The summed E-state index contributed by atoms with van der Waals surface area (Å²) < 4.78 is 20.1. The highest BCUT2D eigenvalue weighted by atomic mass is 35.5. The molecule has 1 aliphatic heterocycles. The van der Waals surface area contributed by atoms with Crippen molar-refractivity contribution in [2.45, 2.75) is 39.1 Å². The number of aliphatic hydroxyl groups is 2. The van der Waals surface area contributed by atoms with Crippen LogP contribution in [0.5, 0.6) is 5.75 Å². The lowest BCUT2D eigenvalue weighted by Crippen LogP contribution is -2.41.